The molecule has 3 aromatic rings. The number of morpholine rings is 1. The van der Waals surface area contributed by atoms with Crippen molar-refractivity contribution in [2.24, 2.45) is 7.05 Å². The number of aromatic nitrogens is 2. The molecule has 2 heterocycles. The second-order valence-electron chi connectivity index (χ2n) is 6.67. The maximum absolute atomic E-state index is 14.4. The van der Waals surface area contributed by atoms with Gasteiger partial charge in [-0.05, 0) is 17.7 Å². The average Bonchev–Trinajstić information content (AvgIpc) is 3.11. The zero-order valence-electron chi connectivity index (χ0n) is 15.9. The second-order valence-corrected chi connectivity index (χ2v) is 6.67. The Bertz CT molecular complexity index is 1000. The average molecular weight is 396 g/mol. The summed E-state index contributed by atoms with van der Waals surface area (Å²) in [4.78, 5) is 12.2. The number of ether oxygens (including phenoxy) is 2. The Kier molecular flexibility index (Phi) is 5.55. The number of halogens is 1. The number of amides is 1. The van der Waals surface area contributed by atoms with Gasteiger partial charge in [0.1, 0.15) is 5.82 Å². The van der Waals surface area contributed by atoms with Crippen LogP contribution in [0.15, 0.2) is 54.6 Å². The van der Waals surface area contributed by atoms with Crippen LogP contribution in [0.1, 0.15) is 11.7 Å². The lowest BCUT2D eigenvalue weighted by Crippen LogP contribution is -2.33. The minimum absolute atomic E-state index is 0.0352. The fourth-order valence-corrected chi connectivity index (χ4v) is 3.14. The summed E-state index contributed by atoms with van der Waals surface area (Å²) >= 11 is 0. The van der Waals surface area contributed by atoms with Gasteiger partial charge in [-0.25, -0.2) is 13.9 Å². The molecule has 2 aromatic carbocycles. The van der Waals surface area contributed by atoms with Gasteiger partial charge in [-0.3, -0.25) is 5.32 Å². The molecule has 0 bridgehead atoms. The van der Waals surface area contributed by atoms with E-state index in [-0.39, 0.29) is 17.7 Å². The van der Waals surface area contributed by atoms with E-state index in [1.165, 1.54) is 16.8 Å². The maximum atomic E-state index is 14.4. The molecule has 0 unspecified atom stereocenters. The highest BCUT2D eigenvalue weighted by Crippen LogP contribution is 2.25. The van der Waals surface area contributed by atoms with E-state index in [0.29, 0.717) is 24.4 Å². The molecule has 1 atom stereocenters. The summed E-state index contributed by atoms with van der Waals surface area (Å²) < 4.78 is 26.8. The zero-order valence-corrected chi connectivity index (χ0v) is 15.9. The van der Waals surface area contributed by atoms with Crippen LogP contribution in [0, 0.1) is 5.82 Å². The van der Waals surface area contributed by atoms with E-state index >= 15 is 0 Å². The van der Waals surface area contributed by atoms with Gasteiger partial charge in [-0.15, -0.1) is 0 Å². The number of nitrogens with one attached hydrogen (secondary N) is 2. The number of benzene rings is 2. The van der Waals surface area contributed by atoms with Crippen molar-refractivity contribution in [3.8, 4) is 17.1 Å². The Balaban J connectivity index is 1.43. The SMILES string of the molecule is Cn1nc(-c2ccccc2)cc1OC(=O)Nc1ccc([C@@H]2CNCCO2)cc1F. The van der Waals surface area contributed by atoms with E-state index in [1.54, 1.807) is 19.2 Å². The third-order valence-corrected chi connectivity index (χ3v) is 4.63. The molecule has 1 fully saturated rings. The molecule has 1 aliphatic heterocycles. The van der Waals surface area contributed by atoms with Gasteiger partial charge in [0.15, 0.2) is 0 Å². The molecular weight excluding hydrogens is 375 g/mol. The van der Waals surface area contributed by atoms with Crippen LogP contribution >= 0.6 is 0 Å². The molecule has 2 N–H and O–H groups in total. The lowest BCUT2D eigenvalue weighted by atomic mass is 10.1. The Morgan fingerprint density at radius 3 is 2.83 bits per heavy atom. The Labute approximate surface area is 167 Å². The minimum atomic E-state index is -0.796. The Morgan fingerprint density at radius 2 is 2.10 bits per heavy atom. The summed E-state index contributed by atoms with van der Waals surface area (Å²) in [5, 5.41) is 9.97. The first-order valence-corrected chi connectivity index (χ1v) is 9.30. The van der Waals surface area contributed by atoms with Gasteiger partial charge in [-0.1, -0.05) is 36.4 Å². The number of hydrogen-bond donors (Lipinski definition) is 2. The van der Waals surface area contributed by atoms with Crippen LogP contribution in [0.3, 0.4) is 0 Å². The highest BCUT2D eigenvalue weighted by molar-refractivity contribution is 5.86. The molecule has 7 nitrogen and oxygen atoms in total. The van der Waals surface area contributed by atoms with Crippen LogP contribution < -0.4 is 15.4 Å². The summed E-state index contributed by atoms with van der Waals surface area (Å²) in [6.07, 6.45) is -1.00. The largest absolute Gasteiger partial charge is 0.418 e. The van der Waals surface area contributed by atoms with Crippen LogP contribution in [0.5, 0.6) is 5.88 Å². The molecule has 0 saturated carbocycles. The monoisotopic (exact) mass is 396 g/mol. The normalized spacial score (nSPS) is 16.4. The van der Waals surface area contributed by atoms with E-state index < -0.39 is 11.9 Å². The van der Waals surface area contributed by atoms with Crippen molar-refractivity contribution in [2.45, 2.75) is 6.10 Å². The van der Waals surface area contributed by atoms with Gasteiger partial charge in [0, 0.05) is 31.8 Å². The van der Waals surface area contributed by atoms with Crippen molar-refractivity contribution in [3.05, 3.63) is 66.0 Å². The highest BCUT2D eigenvalue weighted by atomic mass is 19.1. The number of aryl methyl sites for hydroxylation is 1. The molecule has 0 radical (unpaired) electrons. The van der Waals surface area contributed by atoms with Crippen LogP contribution in [0.2, 0.25) is 0 Å². The number of hydrogen-bond acceptors (Lipinski definition) is 5. The van der Waals surface area contributed by atoms with Gasteiger partial charge in [0.05, 0.1) is 24.1 Å². The molecule has 4 rings (SSSR count). The van der Waals surface area contributed by atoms with Gasteiger partial charge >= 0.3 is 6.09 Å². The molecule has 0 spiro atoms. The highest BCUT2D eigenvalue weighted by Gasteiger charge is 2.18. The fraction of sp³-hybridized carbons (Fsp3) is 0.238. The second kappa shape index (κ2) is 8.42. The van der Waals surface area contributed by atoms with Crippen molar-refractivity contribution in [1.29, 1.82) is 0 Å². The summed E-state index contributed by atoms with van der Waals surface area (Å²) in [6.45, 7) is 1.98. The van der Waals surface area contributed by atoms with Crippen LogP contribution in [0.4, 0.5) is 14.9 Å². The predicted molar refractivity (Wildman–Crippen MR) is 106 cm³/mol. The van der Waals surface area contributed by atoms with E-state index in [1.807, 2.05) is 30.3 Å². The topological polar surface area (TPSA) is 77.4 Å². The first-order chi connectivity index (χ1) is 14.1. The van der Waals surface area contributed by atoms with Crippen LogP contribution in [-0.4, -0.2) is 35.6 Å². The quantitative estimate of drug-likeness (QED) is 0.706. The lowest BCUT2D eigenvalue weighted by molar-refractivity contribution is 0.0275. The van der Waals surface area contributed by atoms with Crippen LogP contribution in [0.25, 0.3) is 11.3 Å². The number of anilines is 1. The van der Waals surface area contributed by atoms with E-state index in [9.17, 15) is 9.18 Å². The van der Waals surface area contributed by atoms with Crippen molar-refractivity contribution < 1.29 is 18.7 Å². The summed E-state index contributed by atoms with van der Waals surface area (Å²) in [7, 11) is 1.67. The van der Waals surface area contributed by atoms with E-state index in [0.717, 1.165) is 12.1 Å². The zero-order chi connectivity index (χ0) is 20.2. The van der Waals surface area contributed by atoms with Crippen molar-refractivity contribution >= 4 is 11.8 Å². The molecule has 1 aliphatic rings. The van der Waals surface area contributed by atoms with Gasteiger partial charge in [0.25, 0.3) is 0 Å². The molecule has 1 aromatic heterocycles. The van der Waals surface area contributed by atoms with Crippen molar-refractivity contribution in [3.63, 3.8) is 0 Å². The van der Waals surface area contributed by atoms with E-state index in [2.05, 4.69) is 15.7 Å². The summed E-state index contributed by atoms with van der Waals surface area (Å²) in [6, 6.07) is 15.8. The standard InChI is InChI=1S/C21H21FN4O3/c1-26-20(12-18(25-26)14-5-3-2-4-6-14)29-21(27)24-17-8-7-15(11-16(17)22)19-13-23-9-10-28-19/h2-8,11-12,19,23H,9-10,13H2,1H3,(H,24,27)/t19-/m0/s1. The minimum Gasteiger partial charge on any atom is -0.391 e. The summed E-state index contributed by atoms with van der Waals surface area (Å²) in [5.74, 6) is -0.302. The third-order valence-electron chi connectivity index (χ3n) is 4.63. The van der Waals surface area contributed by atoms with Gasteiger partial charge in [0.2, 0.25) is 5.88 Å². The maximum Gasteiger partial charge on any atom is 0.418 e. The lowest BCUT2D eigenvalue weighted by Gasteiger charge is -2.24. The first kappa shape index (κ1) is 19.1. The van der Waals surface area contributed by atoms with E-state index in [4.69, 9.17) is 9.47 Å². The van der Waals surface area contributed by atoms with Crippen LogP contribution in [-0.2, 0) is 11.8 Å². The molecule has 150 valence electrons. The number of nitrogens with zero attached hydrogens (tertiary/aromatic N) is 2. The molecular formula is C21H21FN4O3. The predicted octanol–water partition coefficient (Wildman–Crippen LogP) is 3.50. The molecule has 1 saturated heterocycles. The Morgan fingerprint density at radius 1 is 1.28 bits per heavy atom. The van der Waals surface area contributed by atoms with Gasteiger partial charge < -0.3 is 14.8 Å². The van der Waals surface area contributed by atoms with Crippen molar-refractivity contribution in [2.75, 3.05) is 25.0 Å². The molecule has 0 aliphatic carbocycles. The first-order valence-electron chi connectivity index (χ1n) is 9.30. The Hall–Kier alpha value is -3.23. The summed E-state index contributed by atoms with van der Waals surface area (Å²) in [5.41, 5.74) is 2.33. The fourth-order valence-electron chi connectivity index (χ4n) is 3.14. The molecule has 1 amide bonds. The third kappa shape index (κ3) is 4.44. The smallest absolute Gasteiger partial charge is 0.391 e. The van der Waals surface area contributed by atoms with Gasteiger partial charge in [-0.2, -0.15) is 5.10 Å². The number of carbonyl (C=O) groups is 1. The van der Waals surface area contributed by atoms with Crippen molar-refractivity contribution in [1.82, 2.24) is 15.1 Å². The molecule has 8 heteroatoms. The molecule has 29 heavy (non-hydrogen) atoms. The number of rotatable bonds is 4. The number of carbonyl (C=O) groups excluding carboxylic acids is 1.